The van der Waals surface area contributed by atoms with Crippen molar-refractivity contribution in [2.24, 2.45) is 5.73 Å². The molecule has 1 heterocycles. The van der Waals surface area contributed by atoms with Crippen LogP contribution in [0.3, 0.4) is 0 Å². The van der Waals surface area contributed by atoms with Gasteiger partial charge in [0, 0.05) is 12.5 Å². The summed E-state index contributed by atoms with van der Waals surface area (Å²) >= 11 is 3.36. The van der Waals surface area contributed by atoms with Gasteiger partial charge < -0.3 is 5.73 Å². The molecule has 0 radical (unpaired) electrons. The highest BCUT2D eigenvalue weighted by Crippen LogP contribution is 2.21. The zero-order valence-electron chi connectivity index (χ0n) is 8.33. The van der Waals surface area contributed by atoms with Crippen LogP contribution >= 0.6 is 15.9 Å². The average Bonchev–Trinajstić information content (AvgIpc) is 2.47. The van der Waals surface area contributed by atoms with Crippen LogP contribution in [0.2, 0.25) is 0 Å². The number of rotatable bonds is 4. The van der Waals surface area contributed by atoms with Gasteiger partial charge in [0.1, 0.15) is 4.60 Å². The van der Waals surface area contributed by atoms with E-state index < -0.39 is 0 Å². The lowest BCUT2D eigenvalue weighted by atomic mass is 10.2. The predicted octanol–water partition coefficient (Wildman–Crippen LogP) is 1.76. The van der Waals surface area contributed by atoms with Gasteiger partial charge in [-0.3, -0.25) is 9.48 Å². The molecule has 0 aliphatic heterocycles. The molecule has 1 aromatic rings. The Hall–Kier alpha value is -0.680. The van der Waals surface area contributed by atoms with Crippen LogP contribution in [0, 0.1) is 0 Å². The molecule has 1 rings (SSSR count). The van der Waals surface area contributed by atoms with Crippen LogP contribution in [0.4, 0.5) is 0 Å². The van der Waals surface area contributed by atoms with E-state index in [1.54, 1.807) is 10.9 Å². The Kier molecular flexibility index (Phi) is 3.83. The molecule has 0 unspecified atom stereocenters. The molecule has 1 aromatic heterocycles. The number of hydrogen-bond donors (Lipinski definition) is 1. The Balaban J connectivity index is 2.95. The molecule has 14 heavy (non-hydrogen) atoms. The Bertz CT molecular complexity index is 333. The van der Waals surface area contributed by atoms with Crippen LogP contribution in [0.25, 0.3) is 0 Å². The summed E-state index contributed by atoms with van der Waals surface area (Å²) in [4.78, 5) is 11.5. The number of carbonyl (C=O) groups excluding carboxylic acids is 1. The largest absolute Gasteiger partial charge is 0.330 e. The van der Waals surface area contributed by atoms with Crippen molar-refractivity contribution in [1.82, 2.24) is 9.78 Å². The fourth-order valence-corrected chi connectivity index (χ4v) is 1.98. The van der Waals surface area contributed by atoms with E-state index in [2.05, 4.69) is 21.0 Å². The molecule has 0 amide bonds. The van der Waals surface area contributed by atoms with Gasteiger partial charge in [0.2, 0.25) is 0 Å². The summed E-state index contributed by atoms with van der Waals surface area (Å²) in [6, 6.07) is 0.240. The van der Waals surface area contributed by atoms with Gasteiger partial charge in [0.05, 0.1) is 11.8 Å². The first-order valence-electron chi connectivity index (χ1n) is 4.54. The summed E-state index contributed by atoms with van der Waals surface area (Å²) in [6.07, 6.45) is 1.95. The molecule has 0 saturated heterocycles. The lowest BCUT2D eigenvalue weighted by Crippen LogP contribution is -2.09. The Morgan fingerprint density at radius 2 is 2.36 bits per heavy atom. The van der Waals surface area contributed by atoms with Crippen molar-refractivity contribution in [2.45, 2.75) is 26.3 Å². The number of aromatic nitrogens is 2. The van der Waals surface area contributed by atoms with Crippen molar-refractivity contribution in [3.63, 3.8) is 0 Å². The highest BCUT2D eigenvalue weighted by atomic mass is 79.9. The SMILES string of the molecule is CC(C)n1ncc(C(=O)CCN)c1Br. The molecule has 0 aliphatic carbocycles. The smallest absolute Gasteiger partial charge is 0.168 e. The molecule has 0 atom stereocenters. The summed E-state index contributed by atoms with van der Waals surface area (Å²) < 4.78 is 2.51. The highest BCUT2D eigenvalue weighted by molar-refractivity contribution is 9.10. The third kappa shape index (κ3) is 2.22. The van der Waals surface area contributed by atoms with Gasteiger partial charge in [0.15, 0.2) is 5.78 Å². The van der Waals surface area contributed by atoms with Gasteiger partial charge in [0.25, 0.3) is 0 Å². The summed E-state index contributed by atoms with van der Waals surface area (Å²) in [5, 5.41) is 4.13. The van der Waals surface area contributed by atoms with Crippen LogP contribution in [-0.4, -0.2) is 22.1 Å². The maximum Gasteiger partial charge on any atom is 0.168 e. The van der Waals surface area contributed by atoms with Crippen molar-refractivity contribution in [3.8, 4) is 0 Å². The summed E-state index contributed by atoms with van der Waals surface area (Å²) in [7, 11) is 0. The quantitative estimate of drug-likeness (QED) is 0.839. The van der Waals surface area contributed by atoms with Crippen molar-refractivity contribution in [2.75, 3.05) is 6.54 Å². The van der Waals surface area contributed by atoms with Crippen LogP contribution in [0.5, 0.6) is 0 Å². The number of Topliss-reactive ketones (excluding diaryl/α,β-unsaturated/α-hetero) is 1. The highest BCUT2D eigenvalue weighted by Gasteiger charge is 2.15. The van der Waals surface area contributed by atoms with Gasteiger partial charge in [-0.15, -0.1) is 0 Å². The third-order valence-corrected chi connectivity index (χ3v) is 2.69. The molecule has 4 nitrogen and oxygen atoms in total. The topological polar surface area (TPSA) is 60.9 Å². The molecular formula is C9H14BrN3O. The zero-order valence-corrected chi connectivity index (χ0v) is 9.91. The van der Waals surface area contributed by atoms with E-state index in [4.69, 9.17) is 5.73 Å². The minimum Gasteiger partial charge on any atom is -0.330 e. The van der Waals surface area contributed by atoms with E-state index in [1.807, 2.05) is 13.8 Å². The van der Waals surface area contributed by atoms with E-state index in [0.29, 0.717) is 18.5 Å². The molecule has 5 heteroatoms. The number of carbonyl (C=O) groups is 1. The molecule has 0 bridgehead atoms. The lowest BCUT2D eigenvalue weighted by Gasteiger charge is -2.06. The van der Waals surface area contributed by atoms with Gasteiger partial charge in [-0.2, -0.15) is 5.10 Å². The van der Waals surface area contributed by atoms with Crippen molar-refractivity contribution >= 4 is 21.7 Å². The summed E-state index contributed by atoms with van der Waals surface area (Å²) in [5.74, 6) is 0.0336. The number of ketones is 1. The Morgan fingerprint density at radius 1 is 1.71 bits per heavy atom. The number of nitrogens with zero attached hydrogens (tertiary/aromatic N) is 2. The average molecular weight is 260 g/mol. The first kappa shape index (κ1) is 11.4. The number of halogens is 1. The molecular weight excluding hydrogens is 246 g/mol. The lowest BCUT2D eigenvalue weighted by molar-refractivity contribution is 0.0984. The second-order valence-corrected chi connectivity index (χ2v) is 4.10. The maximum absolute atomic E-state index is 11.5. The molecule has 0 saturated carbocycles. The second kappa shape index (κ2) is 4.70. The maximum atomic E-state index is 11.5. The third-order valence-electron chi connectivity index (χ3n) is 1.90. The molecule has 0 aromatic carbocycles. The fourth-order valence-electron chi connectivity index (χ4n) is 1.16. The molecule has 0 fully saturated rings. The van der Waals surface area contributed by atoms with Crippen molar-refractivity contribution in [3.05, 3.63) is 16.4 Å². The van der Waals surface area contributed by atoms with Crippen LogP contribution in [0.1, 0.15) is 36.7 Å². The monoisotopic (exact) mass is 259 g/mol. The van der Waals surface area contributed by atoms with E-state index >= 15 is 0 Å². The molecule has 0 spiro atoms. The van der Waals surface area contributed by atoms with Crippen molar-refractivity contribution in [1.29, 1.82) is 0 Å². The van der Waals surface area contributed by atoms with Gasteiger partial charge in [-0.1, -0.05) is 0 Å². The van der Waals surface area contributed by atoms with Gasteiger partial charge in [-0.05, 0) is 36.3 Å². The fraction of sp³-hybridized carbons (Fsp3) is 0.556. The number of hydrogen-bond acceptors (Lipinski definition) is 3. The predicted molar refractivity (Wildman–Crippen MR) is 58.3 cm³/mol. The summed E-state index contributed by atoms with van der Waals surface area (Å²) in [6.45, 7) is 4.39. The van der Waals surface area contributed by atoms with Gasteiger partial charge >= 0.3 is 0 Å². The second-order valence-electron chi connectivity index (χ2n) is 3.35. The molecule has 78 valence electrons. The first-order valence-corrected chi connectivity index (χ1v) is 5.33. The summed E-state index contributed by atoms with van der Waals surface area (Å²) in [5.41, 5.74) is 5.94. The van der Waals surface area contributed by atoms with Crippen LogP contribution in [0.15, 0.2) is 10.8 Å². The van der Waals surface area contributed by atoms with Crippen molar-refractivity contribution < 1.29 is 4.79 Å². The van der Waals surface area contributed by atoms with E-state index in [9.17, 15) is 4.79 Å². The van der Waals surface area contributed by atoms with E-state index in [1.165, 1.54) is 0 Å². The zero-order chi connectivity index (χ0) is 10.7. The van der Waals surface area contributed by atoms with Crippen LogP contribution in [-0.2, 0) is 0 Å². The van der Waals surface area contributed by atoms with Gasteiger partial charge in [-0.25, -0.2) is 0 Å². The normalized spacial score (nSPS) is 10.9. The van der Waals surface area contributed by atoms with Crippen LogP contribution < -0.4 is 5.73 Å². The standard InChI is InChI=1S/C9H14BrN3O/c1-6(2)13-9(10)7(5-12-13)8(14)3-4-11/h5-6H,3-4,11H2,1-2H3. The first-order chi connectivity index (χ1) is 6.57. The molecule has 2 N–H and O–H groups in total. The Labute approximate surface area is 91.6 Å². The Morgan fingerprint density at radius 3 is 2.79 bits per heavy atom. The minimum atomic E-state index is 0.0336. The van der Waals surface area contributed by atoms with E-state index in [0.717, 1.165) is 4.60 Å². The number of nitrogens with two attached hydrogens (primary N) is 1. The minimum absolute atomic E-state index is 0.0336. The van der Waals surface area contributed by atoms with E-state index in [-0.39, 0.29) is 11.8 Å². The molecule has 0 aliphatic rings.